The van der Waals surface area contributed by atoms with E-state index in [0.29, 0.717) is 17.7 Å². The molecule has 2 amide bonds. The van der Waals surface area contributed by atoms with Gasteiger partial charge in [-0.1, -0.05) is 52.8 Å². The third-order valence-electron chi connectivity index (χ3n) is 5.31. The predicted octanol–water partition coefficient (Wildman–Crippen LogP) is 3.28. The summed E-state index contributed by atoms with van der Waals surface area (Å²) >= 11 is 0. The topological polar surface area (TPSA) is 102 Å². The molecule has 32 heavy (non-hydrogen) atoms. The van der Waals surface area contributed by atoms with Crippen LogP contribution in [0.2, 0.25) is 0 Å². The first-order valence-electron chi connectivity index (χ1n) is 11.1. The summed E-state index contributed by atoms with van der Waals surface area (Å²) in [6.45, 7) is 13.7. The van der Waals surface area contributed by atoms with Crippen LogP contribution in [0.3, 0.4) is 0 Å². The van der Waals surface area contributed by atoms with Crippen molar-refractivity contribution in [3.63, 3.8) is 0 Å². The molecule has 1 rings (SSSR count). The van der Waals surface area contributed by atoms with Crippen LogP contribution in [0.4, 0.5) is 0 Å². The van der Waals surface area contributed by atoms with Gasteiger partial charge in [-0.25, -0.2) is 4.79 Å². The summed E-state index contributed by atoms with van der Waals surface area (Å²) in [6, 6.07) is 5.95. The van der Waals surface area contributed by atoms with E-state index < -0.39 is 17.4 Å². The number of benzene rings is 1. The third kappa shape index (κ3) is 7.48. The zero-order chi connectivity index (χ0) is 24.6. The molecule has 0 bridgehead atoms. The molecule has 7 heteroatoms. The van der Waals surface area contributed by atoms with Gasteiger partial charge in [0.1, 0.15) is 6.04 Å². The largest absolute Gasteiger partial charge is 0.463 e. The normalized spacial score (nSPS) is 14.0. The van der Waals surface area contributed by atoms with Gasteiger partial charge in [0.25, 0.3) is 5.91 Å². The van der Waals surface area contributed by atoms with E-state index in [1.54, 1.807) is 50.1 Å². The Balaban J connectivity index is 3.20. The number of esters is 1. The number of likely N-dealkylation sites (N-methyl/N-ethyl adjacent to an activating group) is 1. The Labute approximate surface area is 192 Å². The molecule has 7 nitrogen and oxygen atoms in total. The summed E-state index contributed by atoms with van der Waals surface area (Å²) in [5.74, 6) is -0.918. The molecule has 0 fully saturated rings. The zero-order valence-electron chi connectivity index (χ0n) is 20.7. The van der Waals surface area contributed by atoms with Gasteiger partial charge in [0.05, 0.1) is 12.6 Å². The first kappa shape index (κ1) is 27.4. The maximum absolute atomic E-state index is 13.5. The van der Waals surface area contributed by atoms with Gasteiger partial charge in [-0.15, -0.1) is 0 Å². The average molecular weight is 446 g/mol. The molecule has 0 aliphatic heterocycles. The number of hydrogen-bond acceptors (Lipinski definition) is 5. The number of nitrogens with zero attached hydrogens (tertiary/aromatic N) is 1. The molecule has 178 valence electrons. The van der Waals surface area contributed by atoms with Crippen LogP contribution < -0.4 is 11.1 Å². The van der Waals surface area contributed by atoms with Crippen LogP contribution in [0.1, 0.15) is 64.4 Å². The highest BCUT2D eigenvalue weighted by Crippen LogP contribution is 2.24. The van der Waals surface area contributed by atoms with Crippen molar-refractivity contribution in [2.75, 3.05) is 13.7 Å². The molecule has 0 heterocycles. The first-order valence-corrected chi connectivity index (χ1v) is 11.1. The van der Waals surface area contributed by atoms with Crippen molar-refractivity contribution in [2.45, 2.75) is 67.1 Å². The van der Waals surface area contributed by atoms with Gasteiger partial charge in [-0.3, -0.25) is 9.59 Å². The highest BCUT2D eigenvalue weighted by molar-refractivity contribution is 5.98. The molecular formula is C25H39N3O4. The molecule has 0 aromatic heterocycles. The SMILES string of the molecule is CCOC(=O)/C(C)=C/[C@H](C(C)C)N(C)C(=O)C(NC(=O)c1cccc(CN)c1)C(C)(C)C. The molecule has 2 atom stereocenters. The van der Waals surface area contributed by atoms with Crippen molar-refractivity contribution in [3.8, 4) is 0 Å². The smallest absolute Gasteiger partial charge is 0.333 e. The molecule has 1 aromatic rings. The Morgan fingerprint density at radius 1 is 1.22 bits per heavy atom. The standard InChI is InChI=1S/C25H39N3O4/c1-9-32-24(31)17(4)13-20(16(2)3)28(8)23(30)21(25(5,6)7)27-22(29)19-12-10-11-18(14-19)15-26/h10-14,16,20-21H,9,15,26H2,1-8H3,(H,27,29)/b17-13+/t20-,21?/m1/s1. The van der Waals surface area contributed by atoms with E-state index in [4.69, 9.17) is 10.5 Å². The van der Waals surface area contributed by atoms with E-state index in [-0.39, 0.29) is 30.4 Å². The molecule has 0 aliphatic rings. The van der Waals surface area contributed by atoms with Gasteiger partial charge in [0, 0.05) is 24.7 Å². The second-order valence-electron chi connectivity index (χ2n) is 9.43. The molecule has 1 unspecified atom stereocenters. The molecule has 1 aromatic carbocycles. The van der Waals surface area contributed by atoms with Crippen molar-refractivity contribution in [3.05, 3.63) is 47.0 Å². The van der Waals surface area contributed by atoms with Gasteiger partial charge < -0.3 is 20.7 Å². The highest BCUT2D eigenvalue weighted by atomic mass is 16.5. The van der Waals surface area contributed by atoms with Crippen LogP contribution in [-0.4, -0.2) is 48.4 Å². The van der Waals surface area contributed by atoms with Crippen LogP contribution in [0, 0.1) is 11.3 Å². The Morgan fingerprint density at radius 2 is 1.84 bits per heavy atom. The quantitative estimate of drug-likeness (QED) is 0.449. The number of amides is 2. The van der Waals surface area contributed by atoms with E-state index in [1.807, 2.05) is 40.7 Å². The Kier molecular flexibility index (Phi) is 10.1. The monoisotopic (exact) mass is 445 g/mol. The highest BCUT2D eigenvalue weighted by Gasteiger charge is 2.37. The average Bonchev–Trinajstić information content (AvgIpc) is 2.73. The summed E-state index contributed by atoms with van der Waals surface area (Å²) in [7, 11) is 1.70. The summed E-state index contributed by atoms with van der Waals surface area (Å²) in [4.78, 5) is 40.2. The fourth-order valence-corrected chi connectivity index (χ4v) is 3.37. The summed E-state index contributed by atoms with van der Waals surface area (Å²) in [5.41, 5.74) is 6.89. The number of nitrogens with one attached hydrogen (secondary N) is 1. The van der Waals surface area contributed by atoms with Gasteiger partial charge in [-0.05, 0) is 42.9 Å². The van der Waals surface area contributed by atoms with Gasteiger partial charge in [0.15, 0.2) is 0 Å². The lowest BCUT2D eigenvalue weighted by Gasteiger charge is -2.37. The fourth-order valence-electron chi connectivity index (χ4n) is 3.37. The van der Waals surface area contributed by atoms with E-state index in [1.165, 1.54) is 0 Å². The third-order valence-corrected chi connectivity index (χ3v) is 5.31. The molecule has 0 radical (unpaired) electrons. The minimum absolute atomic E-state index is 0.0471. The summed E-state index contributed by atoms with van der Waals surface area (Å²) in [6.07, 6.45) is 1.76. The molecule has 3 N–H and O–H groups in total. The molecular weight excluding hydrogens is 406 g/mol. The Hall–Kier alpha value is -2.67. The molecule has 0 saturated heterocycles. The van der Waals surface area contributed by atoms with Crippen LogP contribution in [0.15, 0.2) is 35.9 Å². The van der Waals surface area contributed by atoms with Crippen LogP contribution in [0.25, 0.3) is 0 Å². The lowest BCUT2D eigenvalue weighted by Crippen LogP contribution is -2.56. The molecule has 0 saturated carbocycles. The first-order chi connectivity index (χ1) is 14.8. The fraction of sp³-hybridized carbons (Fsp3) is 0.560. The Morgan fingerprint density at radius 3 is 2.34 bits per heavy atom. The van der Waals surface area contributed by atoms with Crippen molar-refractivity contribution in [1.82, 2.24) is 10.2 Å². The maximum atomic E-state index is 13.5. The molecule has 0 spiro atoms. The molecule has 0 aliphatic carbocycles. The van der Waals surface area contributed by atoms with E-state index in [9.17, 15) is 14.4 Å². The van der Waals surface area contributed by atoms with Gasteiger partial charge >= 0.3 is 5.97 Å². The second-order valence-corrected chi connectivity index (χ2v) is 9.43. The number of ether oxygens (including phenoxy) is 1. The van der Waals surface area contributed by atoms with Gasteiger partial charge in [0.2, 0.25) is 5.91 Å². The lowest BCUT2D eigenvalue weighted by atomic mass is 9.85. The summed E-state index contributed by atoms with van der Waals surface area (Å²) < 4.78 is 5.07. The second kappa shape index (κ2) is 11.8. The van der Waals surface area contributed by atoms with Crippen LogP contribution >= 0.6 is 0 Å². The van der Waals surface area contributed by atoms with Crippen molar-refractivity contribution in [2.24, 2.45) is 17.1 Å². The summed E-state index contributed by atoms with van der Waals surface area (Å²) in [5, 5.41) is 2.91. The van der Waals surface area contributed by atoms with Crippen LogP contribution in [-0.2, 0) is 20.9 Å². The minimum Gasteiger partial charge on any atom is -0.463 e. The van der Waals surface area contributed by atoms with Gasteiger partial charge in [-0.2, -0.15) is 0 Å². The predicted molar refractivity (Wildman–Crippen MR) is 127 cm³/mol. The van der Waals surface area contributed by atoms with E-state index in [0.717, 1.165) is 5.56 Å². The van der Waals surface area contributed by atoms with E-state index in [2.05, 4.69) is 5.32 Å². The number of carbonyl (C=O) groups is 3. The van der Waals surface area contributed by atoms with Crippen molar-refractivity contribution < 1.29 is 19.1 Å². The number of nitrogens with two attached hydrogens (primary N) is 1. The minimum atomic E-state index is -0.765. The van der Waals surface area contributed by atoms with Crippen molar-refractivity contribution >= 4 is 17.8 Å². The number of carbonyl (C=O) groups excluding carboxylic acids is 3. The lowest BCUT2D eigenvalue weighted by molar-refractivity contribution is -0.139. The zero-order valence-corrected chi connectivity index (χ0v) is 20.7. The van der Waals surface area contributed by atoms with Crippen molar-refractivity contribution in [1.29, 1.82) is 0 Å². The number of hydrogen-bond donors (Lipinski definition) is 2. The maximum Gasteiger partial charge on any atom is 0.333 e. The van der Waals surface area contributed by atoms with Crippen LogP contribution in [0.5, 0.6) is 0 Å². The Bertz CT molecular complexity index is 840. The van der Waals surface area contributed by atoms with E-state index >= 15 is 0 Å². The number of rotatable bonds is 9.